The second-order valence-electron chi connectivity index (χ2n) is 7.49. The van der Waals surface area contributed by atoms with Gasteiger partial charge in [0.25, 0.3) is 0 Å². The highest BCUT2D eigenvalue weighted by atomic mass is 16.5. The van der Waals surface area contributed by atoms with E-state index in [0.29, 0.717) is 18.2 Å². The first-order valence-corrected chi connectivity index (χ1v) is 10.9. The Labute approximate surface area is 198 Å². The molecule has 0 radical (unpaired) electrons. The SMILES string of the molecule is CCOc1ccc(/C=C/C(=O)Nc2ccc(C)c(Nc3nccc(-c4cccnc4)n3)c2)cc1. The van der Waals surface area contributed by atoms with Crippen LogP contribution in [0, 0.1) is 6.92 Å². The lowest BCUT2D eigenvalue weighted by Gasteiger charge is -2.11. The van der Waals surface area contributed by atoms with Crippen LogP contribution in [-0.4, -0.2) is 27.5 Å². The molecular weight excluding hydrogens is 426 g/mol. The summed E-state index contributed by atoms with van der Waals surface area (Å²) in [6, 6.07) is 18.9. The third kappa shape index (κ3) is 6.04. The van der Waals surface area contributed by atoms with Gasteiger partial charge in [0.2, 0.25) is 11.9 Å². The lowest BCUT2D eigenvalue weighted by Crippen LogP contribution is -2.08. The fraction of sp³-hybridized carbons (Fsp3) is 0.111. The number of carbonyl (C=O) groups is 1. The van der Waals surface area contributed by atoms with Crippen LogP contribution in [0.25, 0.3) is 17.3 Å². The molecule has 7 heteroatoms. The standard InChI is InChI=1S/C27H25N5O2/c1-3-34-23-11-7-20(8-12-23)9-13-26(33)30-22-10-6-19(2)25(17-22)32-27-29-16-14-24(31-27)21-5-4-15-28-18-21/h4-18H,3H2,1-2H3,(H,30,33)(H,29,31,32)/b13-9+. The molecule has 1 amide bonds. The van der Waals surface area contributed by atoms with Gasteiger partial charge >= 0.3 is 0 Å². The Kier molecular flexibility index (Phi) is 7.25. The van der Waals surface area contributed by atoms with Gasteiger partial charge in [-0.15, -0.1) is 0 Å². The van der Waals surface area contributed by atoms with E-state index < -0.39 is 0 Å². The summed E-state index contributed by atoms with van der Waals surface area (Å²) in [5, 5.41) is 6.14. The Morgan fingerprint density at radius 2 is 1.91 bits per heavy atom. The van der Waals surface area contributed by atoms with Gasteiger partial charge in [-0.05, 0) is 73.5 Å². The molecule has 0 fully saturated rings. The first kappa shape index (κ1) is 22.7. The molecule has 0 saturated carbocycles. The van der Waals surface area contributed by atoms with Crippen LogP contribution in [0.1, 0.15) is 18.1 Å². The number of hydrogen-bond donors (Lipinski definition) is 2. The molecule has 2 N–H and O–H groups in total. The number of hydrogen-bond acceptors (Lipinski definition) is 6. The lowest BCUT2D eigenvalue weighted by molar-refractivity contribution is -0.111. The molecule has 0 saturated heterocycles. The molecule has 2 aromatic carbocycles. The molecule has 0 aliphatic rings. The lowest BCUT2D eigenvalue weighted by atomic mass is 10.1. The highest BCUT2D eigenvalue weighted by Gasteiger charge is 2.07. The molecule has 0 unspecified atom stereocenters. The Hall–Kier alpha value is -4.52. The van der Waals surface area contributed by atoms with E-state index in [-0.39, 0.29) is 5.91 Å². The maximum atomic E-state index is 12.4. The monoisotopic (exact) mass is 451 g/mol. The zero-order valence-corrected chi connectivity index (χ0v) is 19.0. The van der Waals surface area contributed by atoms with Crippen LogP contribution >= 0.6 is 0 Å². The summed E-state index contributed by atoms with van der Waals surface area (Å²) in [5.74, 6) is 1.04. The van der Waals surface area contributed by atoms with E-state index in [2.05, 4.69) is 25.6 Å². The number of rotatable bonds is 8. The van der Waals surface area contributed by atoms with Crippen LogP contribution in [0.5, 0.6) is 5.75 Å². The van der Waals surface area contributed by atoms with Crippen LogP contribution in [-0.2, 0) is 4.79 Å². The molecule has 0 aliphatic carbocycles. The molecule has 4 aromatic rings. The highest BCUT2D eigenvalue weighted by molar-refractivity contribution is 6.02. The van der Waals surface area contributed by atoms with Crippen LogP contribution in [0.3, 0.4) is 0 Å². The van der Waals surface area contributed by atoms with E-state index in [1.807, 2.05) is 74.5 Å². The number of amides is 1. The third-order valence-electron chi connectivity index (χ3n) is 4.98. The molecule has 0 bridgehead atoms. The predicted molar refractivity (Wildman–Crippen MR) is 135 cm³/mol. The minimum atomic E-state index is -0.224. The Bertz CT molecular complexity index is 1290. The van der Waals surface area contributed by atoms with Crippen molar-refractivity contribution in [3.63, 3.8) is 0 Å². The molecule has 0 atom stereocenters. The van der Waals surface area contributed by atoms with Crippen LogP contribution < -0.4 is 15.4 Å². The highest BCUT2D eigenvalue weighted by Crippen LogP contribution is 2.24. The number of aryl methyl sites for hydroxylation is 1. The van der Waals surface area contributed by atoms with Gasteiger partial charge in [0.15, 0.2) is 0 Å². The van der Waals surface area contributed by atoms with Crippen molar-refractivity contribution in [2.24, 2.45) is 0 Å². The summed E-state index contributed by atoms with van der Waals surface area (Å²) >= 11 is 0. The van der Waals surface area contributed by atoms with Gasteiger partial charge in [0.05, 0.1) is 12.3 Å². The molecule has 7 nitrogen and oxygen atoms in total. The molecule has 34 heavy (non-hydrogen) atoms. The maximum absolute atomic E-state index is 12.4. The predicted octanol–water partition coefficient (Wildman–Crippen LogP) is 5.64. The van der Waals surface area contributed by atoms with Crippen molar-refractivity contribution >= 4 is 29.3 Å². The molecule has 2 heterocycles. The number of carbonyl (C=O) groups excluding carboxylic acids is 1. The number of benzene rings is 2. The maximum Gasteiger partial charge on any atom is 0.248 e. The topological polar surface area (TPSA) is 89.0 Å². The first-order valence-electron chi connectivity index (χ1n) is 10.9. The van der Waals surface area contributed by atoms with E-state index in [1.54, 1.807) is 24.7 Å². The summed E-state index contributed by atoms with van der Waals surface area (Å²) in [4.78, 5) is 25.5. The summed E-state index contributed by atoms with van der Waals surface area (Å²) in [6.07, 6.45) is 8.44. The molecular formula is C27H25N5O2. The van der Waals surface area contributed by atoms with Gasteiger partial charge in [0.1, 0.15) is 5.75 Å². The summed E-state index contributed by atoms with van der Waals surface area (Å²) in [6.45, 7) is 4.54. The zero-order chi connectivity index (χ0) is 23.8. The van der Waals surface area contributed by atoms with E-state index in [0.717, 1.165) is 33.8 Å². The fourth-order valence-electron chi connectivity index (χ4n) is 3.25. The summed E-state index contributed by atoms with van der Waals surface area (Å²) in [5.41, 5.74) is 5.06. The van der Waals surface area contributed by atoms with Gasteiger partial charge in [0, 0.05) is 41.6 Å². The zero-order valence-electron chi connectivity index (χ0n) is 19.0. The van der Waals surface area contributed by atoms with Crippen LogP contribution in [0.2, 0.25) is 0 Å². The largest absolute Gasteiger partial charge is 0.494 e. The molecule has 4 rings (SSSR count). The van der Waals surface area contributed by atoms with Crippen molar-refractivity contribution in [3.05, 3.63) is 96.5 Å². The van der Waals surface area contributed by atoms with Crippen LogP contribution in [0.4, 0.5) is 17.3 Å². The smallest absolute Gasteiger partial charge is 0.248 e. The van der Waals surface area contributed by atoms with Gasteiger partial charge < -0.3 is 15.4 Å². The third-order valence-corrected chi connectivity index (χ3v) is 4.98. The average molecular weight is 452 g/mol. The minimum absolute atomic E-state index is 0.224. The summed E-state index contributed by atoms with van der Waals surface area (Å²) in [7, 11) is 0. The molecule has 170 valence electrons. The van der Waals surface area contributed by atoms with Crippen molar-refractivity contribution in [3.8, 4) is 17.0 Å². The number of nitrogens with one attached hydrogen (secondary N) is 2. The first-order chi connectivity index (χ1) is 16.6. The Morgan fingerprint density at radius 1 is 1.06 bits per heavy atom. The van der Waals surface area contributed by atoms with Gasteiger partial charge in [-0.1, -0.05) is 18.2 Å². The Morgan fingerprint density at radius 3 is 2.68 bits per heavy atom. The number of pyridine rings is 1. The van der Waals surface area contributed by atoms with E-state index in [9.17, 15) is 4.79 Å². The van der Waals surface area contributed by atoms with Crippen molar-refractivity contribution in [2.45, 2.75) is 13.8 Å². The number of anilines is 3. The van der Waals surface area contributed by atoms with Crippen molar-refractivity contribution in [1.29, 1.82) is 0 Å². The fourth-order valence-corrected chi connectivity index (χ4v) is 3.25. The van der Waals surface area contributed by atoms with Gasteiger partial charge in [-0.25, -0.2) is 9.97 Å². The normalized spacial score (nSPS) is 10.8. The van der Waals surface area contributed by atoms with E-state index >= 15 is 0 Å². The second-order valence-corrected chi connectivity index (χ2v) is 7.49. The van der Waals surface area contributed by atoms with E-state index in [1.165, 1.54) is 6.08 Å². The second kappa shape index (κ2) is 10.9. The number of ether oxygens (including phenoxy) is 1. The van der Waals surface area contributed by atoms with E-state index in [4.69, 9.17) is 4.74 Å². The van der Waals surface area contributed by atoms with Crippen molar-refractivity contribution in [1.82, 2.24) is 15.0 Å². The quantitative estimate of drug-likeness (QED) is 0.337. The molecule has 0 aliphatic heterocycles. The number of nitrogens with zero attached hydrogens (tertiary/aromatic N) is 3. The number of aromatic nitrogens is 3. The molecule has 2 aromatic heterocycles. The van der Waals surface area contributed by atoms with Crippen molar-refractivity contribution in [2.75, 3.05) is 17.2 Å². The van der Waals surface area contributed by atoms with Gasteiger partial charge in [-0.2, -0.15) is 0 Å². The molecule has 0 spiro atoms. The Balaban J connectivity index is 1.43. The van der Waals surface area contributed by atoms with Crippen LogP contribution in [0.15, 0.2) is 85.3 Å². The average Bonchev–Trinajstić information content (AvgIpc) is 2.87. The summed E-state index contributed by atoms with van der Waals surface area (Å²) < 4.78 is 5.44. The van der Waals surface area contributed by atoms with Crippen molar-refractivity contribution < 1.29 is 9.53 Å². The minimum Gasteiger partial charge on any atom is -0.494 e. The van der Waals surface area contributed by atoms with Gasteiger partial charge in [-0.3, -0.25) is 9.78 Å².